The number of alkyl halides is 3. The Morgan fingerprint density at radius 2 is 2.00 bits per heavy atom. The molecule has 1 saturated carbocycles. The van der Waals surface area contributed by atoms with Crippen molar-refractivity contribution in [3.05, 3.63) is 29.8 Å². The third kappa shape index (κ3) is 4.37. The summed E-state index contributed by atoms with van der Waals surface area (Å²) in [6, 6.07) is 5.69. The molecule has 2 nitrogen and oxygen atoms in total. The lowest BCUT2D eigenvalue weighted by atomic mass is 9.73. The molecule has 0 saturated heterocycles. The van der Waals surface area contributed by atoms with Gasteiger partial charge < -0.3 is 9.84 Å². The van der Waals surface area contributed by atoms with Crippen molar-refractivity contribution in [2.24, 2.45) is 11.8 Å². The van der Waals surface area contributed by atoms with Gasteiger partial charge in [0.25, 0.3) is 0 Å². The van der Waals surface area contributed by atoms with E-state index in [0.29, 0.717) is 11.5 Å². The van der Waals surface area contributed by atoms with Crippen molar-refractivity contribution < 1.29 is 23.0 Å². The first-order valence-electron chi connectivity index (χ1n) is 7.44. The van der Waals surface area contributed by atoms with Gasteiger partial charge in [0.1, 0.15) is 5.75 Å². The fourth-order valence-corrected chi connectivity index (χ4v) is 3.30. The summed E-state index contributed by atoms with van der Waals surface area (Å²) in [6.45, 7) is 2.10. The smallest absolute Gasteiger partial charge is 0.406 e. The van der Waals surface area contributed by atoms with Crippen LogP contribution in [-0.2, 0) is 0 Å². The average molecular weight is 302 g/mol. The highest BCUT2D eigenvalue weighted by atomic mass is 19.4. The van der Waals surface area contributed by atoms with E-state index >= 15 is 0 Å². The van der Waals surface area contributed by atoms with Crippen molar-refractivity contribution >= 4 is 0 Å². The second kappa shape index (κ2) is 6.69. The summed E-state index contributed by atoms with van der Waals surface area (Å²) in [5.41, 5.74) is 0.502. The Morgan fingerprint density at radius 3 is 2.67 bits per heavy atom. The van der Waals surface area contributed by atoms with E-state index in [1.807, 2.05) is 0 Å². The van der Waals surface area contributed by atoms with Crippen molar-refractivity contribution in [1.82, 2.24) is 0 Å². The first-order chi connectivity index (χ1) is 9.90. The van der Waals surface area contributed by atoms with Gasteiger partial charge in [-0.15, -0.1) is 13.2 Å². The molecule has 0 radical (unpaired) electrons. The van der Waals surface area contributed by atoms with Crippen LogP contribution >= 0.6 is 0 Å². The van der Waals surface area contributed by atoms with Crippen LogP contribution < -0.4 is 4.74 Å². The summed E-state index contributed by atoms with van der Waals surface area (Å²) in [6.07, 6.45) is -0.218. The van der Waals surface area contributed by atoms with Crippen LogP contribution in [0.2, 0.25) is 0 Å². The van der Waals surface area contributed by atoms with Gasteiger partial charge >= 0.3 is 6.36 Å². The average Bonchev–Trinajstić information content (AvgIpc) is 2.45. The van der Waals surface area contributed by atoms with Crippen LogP contribution in [-0.4, -0.2) is 11.5 Å². The van der Waals surface area contributed by atoms with Crippen LogP contribution in [0.3, 0.4) is 0 Å². The molecule has 1 aromatic rings. The monoisotopic (exact) mass is 302 g/mol. The minimum atomic E-state index is -4.71. The van der Waals surface area contributed by atoms with Gasteiger partial charge in [-0.1, -0.05) is 44.7 Å². The van der Waals surface area contributed by atoms with Crippen LogP contribution in [0, 0.1) is 11.8 Å². The van der Waals surface area contributed by atoms with E-state index in [2.05, 4.69) is 11.7 Å². The Hall–Kier alpha value is -1.23. The normalized spacial score (nSPS) is 24.6. The van der Waals surface area contributed by atoms with E-state index in [0.717, 1.165) is 25.7 Å². The fourth-order valence-electron chi connectivity index (χ4n) is 3.30. The Bertz CT molecular complexity index is 459. The first kappa shape index (κ1) is 16.1. The summed E-state index contributed by atoms with van der Waals surface area (Å²) < 4.78 is 40.7. The van der Waals surface area contributed by atoms with Gasteiger partial charge in [0.2, 0.25) is 0 Å². The first-order valence-corrected chi connectivity index (χ1v) is 7.44. The lowest BCUT2D eigenvalue weighted by Crippen LogP contribution is -2.25. The Morgan fingerprint density at radius 1 is 1.29 bits per heavy atom. The maximum Gasteiger partial charge on any atom is 0.573 e. The Balaban J connectivity index is 2.14. The highest BCUT2D eigenvalue weighted by molar-refractivity contribution is 5.30. The molecule has 5 heteroatoms. The highest BCUT2D eigenvalue weighted by Crippen LogP contribution is 2.40. The topological polar surface area (TPSA) is 29.5 Å². The van der Waals surface area contributed by atoms with Crippen molar-refractivity contribution in [2.75, 3.05) is 0 Å². The molecule has 21 heavy (non-hydrogen) atoms. The van der Waals surface area contributed by atoms with Crippen LogP contribution in [0.1, 0.15) is 50.7 Å². The molecule has 118 valence electrons. The SMILES string of the molecule is CCC1CCCCC1C(O)c1cccc(OC(F)(F)F)c1. The van der Waals surface area contributed by atoms with Crippen LogP contribution in [0.15, 0.2) is 24.3 Å². The lowest BCUT2D eigenvalue weighted by molar-refractivity contribution is -0.274. The van der Waals surface area contributed by atoms with Crippen molar-refractivity contribution in [2.45, 2.75) is 51.5 Å². The maximum absolute atomic E-state index is 12.3. The van der Waals surface area contributed by atoms with Crippen LogP contribution in [0.5, 0.6) is 5.75 Å². The number of rotatable bonds is 4. The van der Waals surface area contributed by atoms with E-state index < -0.39 is 12.5 Å². The molecule has 2 rings (SSSR count). The largest absolute Gasteiger partial charge is 0.573 e. The van der Waals surface area contributed by atoms with E-state index in [1.54, 1.807) is 6.07 Å². The zero-order chi connectivity index (χ0) is 15.5. The third-order valence-corrected chi connectivity index (χ3v) is 4.33. The quantitative estimate of drug-likeness (QED) is 0.862. The fraction of sp³-hybridized carbons (Fsp3) is 0.625. The molecule has 1 N–H and O–H groups in total. The molecule has 1 fully saturated rings. The summed E-state index contributed by atoms with van der Waals surface area (Å²) >= 11 is 0. The van der Waals surface area contributed by atoms with Gasteiger partial charge in [-0.2, -0.15) is 0 Å². The molecule has 1 aliphatic rings. The minimum absolute atomic E-state index is 0.116. The van der Waals surface area contributed by atoms with Crippen molar-refractivity contribution in [3.63, 3.8) is 0 Å². The molecule has 3 unspecified atom stereocenters. The number of halogens is 3. The zero-order valence-electron chi connectivity index (χ0n) is 12.1. The van der Waals surface area contributed by atoms with Crippen molar-refractivity contribution in [1.29, 1.82) is 0 Å². The molecule has 0 amide bonds. The number of ether oxygens (including phenoxy) is 1. The van der Waals surface area contributed by atoms with Gasteiger partial charge in [-0.25, -0.2) is 0 Å². The number of aliphatic hydroxyl groups excluding tert-OH is 1. The summed E-state index contributed by atoms with van der Waals surface area (Å²) in [5, 5.41) is 10.5. The number of aliphatic hydroxyl groups is 1. The standard InChI is InChI=1S/C16H21F3O2/c1-2-11-6-3-4-9-14(11)15(20)12-7-5-8-13(10-12)21-16(17,18)19/h5,7-8,10-11,14-15,20H,2-4,6,9H2,1H3. The lowest BCUT2D eigenvalue weighted by Gasteiger charge is -2.34. The molecule has 0 aliphatic heterocycles. The summed E-state index contributed by atoms with van der Waals surface area (Å²) in [4.78, 5) is 0. The van der Waals surface area contributed by atoms with Crippen molar-refractivity contribution in [3.8, 4) is 5.75 Å². The maximum atomic E-state index is 12.3. The molecule has 0 heterocycles. The molecule has 0 bridgehead atoms. The predicted molar refractivity (Wildman–Crippen MR) is 73.8 cm³/mol. The van der Waals surface area contributed by atoms with Gasteiger partial charge in [-0.3, -0.25) is 0 Å². The summed E-state index contributed by atoms with van der Waals surface area (Å²) in [7, 11) is 0. The van der Waals surface area contributed by atoms with E-state index in [4.69, 9.17) is 0 Å². The third-order valence-electron chi connectivity index (χ3n) is 4.33. The molecule has 1 aliphatic carbocycles. The van der Waals surface area contributed by atoms with Gasteiger partial charge in [0.15, 0.2) is 0 Å². The Kier molecular flexibility index (Phi) is 5.14. The highest BCUT2D eigenvalue weighted by Gasteiger charge is 2.33. The predicted octanol–water partition coefficient (Wildman–Crippen LogP) is 4.84. The summed E-state index contributed by atoms with van der Waals surface area (Å²) in [5.74, 6) is 0.272. The second-order valence-corrected chi connectivity index (χ2v) is 5.68. The van der Waals surface area contributed by atoms with Gasteiger partial charge in [0, 0.05) is 0 Å². The van der Waals surface area contributed by atoms with Gasteiger partial charge in [0.05, 0.1) is 6.10 Å². The molecule has 3 atom stereocenters. The van der Waals surface area contributed by atoms with Crippen LogP contribution in [0.4, 0.5) is 13.2 Å². The minimum Gasteiger partial charge on any atom is -0.406 e. The second-order valence-electron chi connectivity index (χ2n) is 5.68. The zero-order valence-corrected chi connectivity index (χ0v) is 12.1. The Labute approximate surface area is 122 Å². The van der Waals surface area contributed by atoms with E-state index in [9.17, 15) is 18.3 Å². The number of benzene rings is 1. The number of hydrogen-bond acceptors (Lipinski definition) is 2. The van der Waals surface area contributed by atoms with E-state index in [-0.39, 0.29) is 11.7 Å². The molecule has 1 aromatic carbocycles. The van der Waals surface area contributed by atoms with Crippen LogP contribution in [0.25, 0.3) is 0 Å². The number of hydrogen-bond donors (Lipinski definition) is 1. The van der Waals surface area contributed by atoms with Gasteiger partial charge in [-0.05, 0) is 36.0 Å². The van der Waals surface area contributed by atoms with E-state index in [1.165, 1.54) is 24.6 Å². The molecule has 0 aromatic heterocycles. The molecular formula is C16H21F3O2. The molecular weight excluding hydrogens is 281 g/mol. The molecule has 0 spiro atoms.